The van der Waals surface area contributed by atoms with E-state index in [4.69, 9.17) is 0 Å². The van der Waals surface area contributed by atoms with Crippen LogP contribution in [-0.4, -0.2) is 24.9 Å². The van der Waals surface area contributed by atoms with Crippen LogP contribution >= 0.6 is 0 Å². The first-order valence-corrected chi connectivity index (χ1v) is 7.43. The number of carbonyl (C=O) groups excluding carboxylic acids is 3. The van der Waals surface area contributed by atoms with Crippen molar-refractivity contribution < 1.29 is 23.5 Å². The molecule has 6 nitrogen and oxygen atoms in total. The van der Waals surface area contributed by atoms with Crippen molar-refractivity contribution in [2.75, 3.05) is 12.4 Å². The lowest BCUT2D eigenvalue weighted by Crippen LogP contribution is -2.20. The van der Waals surface area contributed by atoms with Gasteiger partial charge < -0.3 is 15.4 Å². The maximum Gasteiger partial charge on any atom is 0.337 e. The summed E-state index contributed by atoms with van der Waals surface area (Å²) in [6.07, 6.45) is 0. The number of halogens is 1. The predicted molar refractivity (Wildman–Crippen MR) is 89.7 cm³/mol. The highest BCUT2D eigenvalue weighted by Gasteiger charge is 2.14. The molecule has 0 heterocycles. The van der Waals surface area contributed by atoms with Gasteiger partial charge in [-0.15, -0.1) is 0 Å². The quantitative estimate of drug-likeness (QED) is 0.816. The molecule has 0 aliphatic heterocycles. The van der Waals surface area contributed by atoms with E-state index in [2.05, 4.69) is 15.4 Å². The molecule has 0 aliphatic carbocycles. The summed E-state index contributed by atoms with van der Waals surface area (Å²) in [7, 11) is 1.24. The molecule has 0 saturated heterocycles. The van der Waals surface area contributed by atoms with Gasteiger partial charge in [-0.3, -0.25) is 9.59 Å². The lowest BCUT2D eigenvalue weighted by molar-refractivity contribution is -0.119. The summed E-state index contributed by atoms with van der Waals surface area (Å²) in [6, 6.07) is 10.1. The number of benzene rings is 2. The summed E-state index contributed by atoms with van der Waals surface area (Å²) in [6.45, 7) is 1.54. The number of amides is 2. The van der Waals surface area contributed by atoms with Crippen molar-refractivity contribution in [2.45, 2.75) is 13.5 Å². The predicted octanol–water partition coefficient (Wildman–Crippen LogP) is 2.50. The van der Waals surface area contributed by atoms with Crippen LogP contribution in [-0.2, 0) is 16.1 Å². The van der Waals surface area contributed by atoms with Crippen molar-refractivity contribution in [2.24, 2.45) is 0 Å². The maximum atomic E-state index is 13.7. The van der Waals surface area contributed by atoms with Gasteiger partial charge in [0, 0.05) is 19.2 Å². The number of ether oxygens (including phenoxy) is 1. The fraction of sp³-hybridized carbons (Fsp3) is 0.167. The van der Waals surface area contributed by atoms with E-state index in [1.807, 2.05) is 0 Å². The molecule has 25 heavy (non-hydrogen) atoms. The monoisotopic (exact) mass is 344 g/mol. The minimum absolute atomic E-state index is 0.116. The van der Waals surface area contributed by atoms with Crippen LogP contribution in [0.5, 0.6) is 0 Å². The van der Waals surface area contributed by atoms with E-state index in [1.165, 1.54) is 38.3 Å². The molecule has 2 aromatic rings. The van der Waals surface area contributed by atoms with Crippen molar-refractivity contribution in [3.63, 3.8) is 0 Å². The third-order valence-corrected chi connectivity index (χ3v) is 3.33. The van der Waals surface area contributed by atoms with Crippen molar-refractivity contribution in [1.29, 1.82) is 0 Å². The lowest BCUT2D eigenvalue weighted by Gasteiger charge is -2.11. The van der Waals surface area contributed by atoms with E-state index < -0.39 is 17.7 Å². The van der Waals surface area contributed by atoms with Crippen LogP contribution in [0.3, 0.4) is 0 Å². The summed E-state index contributed by atoms with van der Waals surface area (Å²) in [4.78, 5) is 35.1. The molecule has 130 valence electrons. The van der Waals surface area contributed by atoms with E-state index in [0.717, 1.165) is 0 Å². The number of carbonyl (C=O) groups is 3. The van der Waals surface area contributed by atoms with Gasteiger partial charge in [0.1, 0.15) is 5.82 Å². The Hall–Kier alpha value is -3.22. The molecule has 0 fully saturated rings. The second kappa shape index (κ2) is 8.05. The van der Waals surface area contributed by atoms with Gasteiger partial charge in [0.2, 0.25) is 5.91 Å². The number of anilines is 1. The first-order chi connectivity index (χ1) is 11.9. The molecule has 0 bridgehead atoms. The highest BCUT2D eigenvalue weighted by Crippen LogP contribution is 2.18. The summed E-state index contributed by atoms with van der Waals surface area (Å²) < 4.78 is 18.4. The first-order valence-electron chi connectivity index (χ1n) is 7.43. The summed E-state index contributed by atoms with van der Waals surface area (Å²) >= 11 is 0. The fourth-order valence-electron chi connectivity index (χ4n) is 2.17. The second-order valence-corrected chi connectivity index (χ2v) is 5.25. The average Bonchev–Trinajstić information content (AvgIpc) is 2.59. The highest BCUT2D eigenvalue weighted by atomic mass is 19.1. The molecule has 0 unspecified atom stereocenters. The largest absolute Gasteiger partial charge is 0.465 e. The zero-order valence-electron chi connectivity index (χ0n) is 13.8. The fourth-order valence-corrected chi connectivity index (χ4v) is 2.17. The van der Waals surface area contributed by atoms with Crippen LogP contribution < -0.4 is 10.6 Å². The van der Waals surface area contributed by atoms with E-state index >= 15 is 0 Å². The third-order valence-electron chi connectivity index (χ3n) is 3.33. The van der Waals surface area contributed by atoms with Gasteiger partial charge in [-0.25, -0.2) is 9.18 Å². The van der Waals surface area contributed by atoms with Crippen molar-refractivity contribution >= 4 is 23.5 Å². The molecule has 0 spiro atoms. The van der Waals surface area contributed by atoms with E-state index in [9.17, 15) is 18.8 Å². The molecule has 2 N–H and O–H groups in total. The molecular weight excluding hydrogens is 327 g/mol. The Morgan fingerprint density at radius 3 is 2.48 bits per heavy atom. The third kappa shape index (κ3) is 4.87. The standard InChI is InChI=1S/C18H17FN2O4/c1-11(22)20-10-12-7-13(18(24)25-2)9-14(8-12)21-17(23)15-5-3-4-6-16(15)19/h3-9H,10H2,1-2H3,(H,20,22)(H,21,23). The summed E-state index contributed by atoms with van der Waals surface area (Å²) in [5.41, 5.74) is 0.960. The van der Waals surface area contributed by atoms with Crippen LogP contribution in [0.1, 0.15) is 33.2 Å². The number of esters is 1. The van der Waals surface area contributed by atoms with Gasteiger partial charge in [0.25, 0.3) is 5.91 Å². The number of nitrogens with one attached hydrogen (secondary N) is 2. The zero-order chi connectivity index (χ0) is 18.4. The van der Waals surface area contributed by atoms with Crippen LogP contribution in [0.15, 0.2) is 42.5 Å². The molecular formula is C18H17FN2O4. The summed E-state index contributed by atoms with van der Waals surface area (Å²) in [5.74, 6) is -2.13. The number of hydrogen-bond donors (Lipinski definition) is 2. The van der Waals surface area contributed by atoms with Gasteiger partial charge in [-0.05, 0) is 35.9 Å². The summed E-state index contributed by atoms with van der Waals surface area (Å²) in [5, 5.41) is 5.15. The number of methoxy groups -OCH3 is 1. The molecule has 2 rings (SSSR count). The Morgan fingerprint density at radius 1 is 1.12 bits per heavy atom. The van der Waals surface area contributed by atoms with Gasteiger partial charge >= 0.3 is 5.97 Å². The average molecular weight is 344 g/mol. The lowest BCUT2D eigenvalue weighted by atomic mass is 10.1. The normalized spacial score (nSPS) is 10.0. The van der Waals surface area contributed by atoms with E-state index in [1.54, 1.807) is 18.2 Å². The minimum Gasteiger partial charge on any atom is -0.465 e. The van der Waals surface area contributed by atoms with Crippen molar-refractivity contribution in [1.82, 2.24) is 5.32 Å². The van der Waals surface area contributed by atoms with Gasteiger partial charge in [-0.1, -0.05) is 12.1 Å². The minimum atomic E-state index is -0.650. The zero-order valence-corrected chi connectivity index (χ0v) is 13.8. The Balaban J connectivity index is 2.30. The van der Waals surface area contributed by atoms with Crippen LogP contribution in [0.4, 0.5) is 10.1 Å². The number of hydrogen-bond acceptors (Lipinski definition) is 4. The molecule has 0 aromatic heterocycles. The van der Waals surface area contributed by atoms with E-state index in [-0.39, 0.29) is 29.3 Å². The van der Waals surface area contributed by atoms with Gasteiger partial charge in [0.05, 0.1) is 18.2 Å². The molecule has 0 atom stereocenters. The smallest absolute Gasteiger partial charge is 0.337 e. The van der Waals surface area contributed by atoms with Crippen LogP contribution in [0, 0.1) is 5.82 Å². The molecule has 0 saturated carbocycles. The second-order valence-electron chi connectivity index (χ2n) is 5.25. The number of rotatable bonds is 5. The van der Waals surface area contributed by atoms with Gasteiger partial charge in [-0.2, -0.15) is 0 Å². The molecule has 0 radical (unpaired) electrons. The Morgan fingerprint density at radius 2 is 1.84 bits per heavy atom. The molecule has 7 heteroatoms. The van der Waals surface area contributed by atoms with Crippen LogP contribution in [0.25, 0.3) is 0 Å². The molecule has 2 amide bonds. The van der Waals surface area contributed by atoms with E-state index in [0.29, 0.717) is 5.56 Å². The van der Waals surface area contributed by atoms with Crippen LogP contribution in [0.2, 0.25) is 0 Å². The Kier molecular flexibility index (Phi) is 5.84. The molecule has 2 aromatic carbocycles. The van der Waals surface area contributed by atoms with Gasteiger partial charge in [0.15, 0.2) is 0 Å². The first kappa shape index (κ1) is 18.1. The topological polar surface area (TPSA) is 84.5 Å². The maximum absolute atomic E-state index is 13.7. The van der Waals surface area contributed by atoms with Crippen molar-refractivity contribution in [3.8, 4) is 0 Å². The highest BCUT2D eigenvalue weighted by molar-refractivity contribution is 6.05. The SMILES string of the molecule is COC(=O)c1cc(CNC(C)=O)cc(NC(=O)c2ccccc2F)c1. The Labute approximate surface area is 144 Å². The molecule has 0 aliphatic rings. The Bertz CT molecular complexity index is 820. The van der Waals surface area contributed by atoms with Crippen molar-refractivity contribution in [3.05, 3.63) is 65.0 Å².